The second-order valence-corrected chi connectivity index (χ2v) is 2.82. The molecule has 0 nitrogen and oxygen atoms in total. The van der Waals surface area contributed by atoms with Crippen LogP contribution < -0.4 is 0 Å². The highest BCUT2D eigenvalue weighted by molar-refractivity contribution is 6.25. The van der Waals surface area contributed by atoms with Crippen molar-refractivity contribution in [3.63, 3.8) is 0 Å². The zero-order valence-electron chi connectivity index (χ0n) is 6.78. The summed E-state index contributed by atoms with van der Waals surface area (Å²) in [4.78, 5) is 0. The first-order valence-electron chi connectivity index (χ1n) is 4.17. The van der Waals surface area contributed by atoms with Crippen LogP contribution in [0.2, 0.25) is 0 Å². The largest absolute Gasteiger partial charge is 0.0933 e. The molecule has 0 bridgehead atoms. The van der Waals surface area contributed by atoms with E-state index in [9.17, 15) is 0 Å². The highest BCUT2D eigenvalue weighted by atomic mass is 35.5. The van der Waals surface area contributed by atoms with Gasteiger partial charge in [0.05, 0.1) is 0 Å². The van der Waals surface area contributed by atoms with Gasteiger partial charge in [0, 0.05) is 5.54 Å². The third-order valence-electron chi connectivity index (χ3n) is 1.56. The Morgan fingerprint density at radius 1 is 1.10 bits per heavy atom. The lowest BCUT2D eigenvalue weighted by atomic mass is 10.1. The minimum atomic E-state index is 1.15. The minimum Gasteiger partial charge on any atom is -0.0933 e. The van der Waals surface area contributed by atoms with Crippen molar-refractivity contribution in [2.24, 2.45) is 0 Å². The summed E-state index contributed by atoms with van der Waals surface area (Å²) in [6.07, 6.45) is 9.90. The van der Waals surface area contributed by atoms with Crippen molar-refractivity contribution in [1.29, 1.82) is 0 Å². The average Bonchev–Trinajstić information content (AvgIpc) is 1.97. The predicted molar refractivity (Wildman–Crippen MR) is 48.4 cm³/mol. The Morgan fingerprint density at radius 2 is 1.80 bits per heavy atom. The van der Waals surface area contributed by atoms with E-state index in [2.05, 4.69) is 6.92 Å². The van der Waals surface area contributed by atoms with E-state index >= 15 is 0 Å². The van der Waals surface area contributed by atoms with E-state index in [4.69, 9.17) is 11.6 Å². The molecule has 0 aliphatic heterocycles. The monoisotopic (exact) mass is 160 g/mol. The van der Waals surface area contributed by atoms with Gasteiger partial charge in [-0.05, 0) is 12.8 Å². The van der Waals surface area contributed by atoms with Crippen LogP contribution >= 0.6 is 11.6 Å². The van der Waals surface area contributed by atoms with Crippen LogP contribution in [-0.4, -0.2) is 0 Å². The minimum absolute atomic E-state index is 1.15. The van der Waals surface area contributed by atoms with Crippen molar-refractivity contribution in [3.8, 4) is 0 Å². The first-order chi connectivity index (χ1) is 4.91. The van der Waals surface area contributed by atoms with Crippen molar-refractivity contribution in [3.05, 3.63) is 11.6 Å². The van der Waals surface area contributed by atoms with Crippen LogP contribution in [0, 0.1) is 0 Å². The van der Waals surface area contributed by atoms with Gasteiger partial charge in [0.25, 0.3) is 0 Å². The number of hydrogen-bond donors (Lipinski definition) is 0. The molecule has 1 heteroatoms. The Morgan fingerprint density at radius 3 is 2.40 bits per heavy atom. The maximum absolute atomic E-state index is 5.36. The molecule has 0 fully saturated rings. The van der Waals surface area contributed by atoms with Gasteiger partial charge >= 0.3 is 0 Å². The highest BCUT2D eigenvalue weighted by Gasteiger charge is 1.85. The lowest BCUT2D eigenvalue weighted by molar-refractivity contribution is 0.637. The van der Waals surface area contributed by atoms with Crippen LogP contribution in [0.15, 0.2) is 11.6 Å². The number of unbranched alkanes of at least 4 members (excludes halogenated alkanes) is 5. The zero-order valence-corrected chi connectivity index (χ0v) is 7.53. The molecule has 0 aliphatic rings. The summed E-state index contributed by atoms with van der Waals surface area (Å²) in [7, 11) is 0. The zero-order chi connectivity index (χ0) is 7.66. The van der Waals surface area contributed by atoms with E-state index in [0.717, 1.165) is 6.42 Å². The number of rotatable bonds is 6. The summed E-state index contributed by atoms with van der Waals surface area (Å²) >= 11 is 5.36. The topological polar surface area (TPSA) is 0 Å². The second-order valence-electron chi connectivity index (χ2n) is 2.56. The molecule has 0 saturated heterocycles. The standard InChI is InChI=1S/C9H17Cl/c1-2-3-4-5-6-7-8-9-10/h8-9H,2-7H2,1H3. The van der Waals surface area contributed by atoms with E-state index in [1.807, 2.05) is 6.08 Å². The van der Waals surface area contributed by atoms with Crippen molar-refractivity contribution >= 4 is 11.6 Å². The number of halogens is 1. The number of allylic oxidation sites excluding steroid dienone is 1. The summed E-state index contributed by atoms with van der Waals surface area (Å²) in [6, 6.07) is 0. The van der Waals surface area contributed by atoms with Crippen molar-refractivity contribution in [2.45, 2.75) is 45.4 Å². The first kappa shape index (κ1) is 10.0. The van der Waals surface area contributed by atoms with Gasteiger partial charge in [0.15, 0.2) is 0 Å². The molecule has 0 aromatic carbocycles. The van der Waals surface area contributed by atoms with Crippen LogP contribution in [0.3, 0.4) is 0 Å². The van der Waals surface area contributed by atoms with Gasteiger partial charge in [-0.1, -0.05) is 50.3 Å². The molecule has 0 rings (SSSR count). The molecular formula is C9H17Cl. The third-order valence-corrected chi connectivity index (χ3v) is 1.74. The van der Waals surface area contributed by atoms with E-state index in [1.54, 1.807) is 5.54 Å². The van der Waals surface area contributed by atoms with Crippen molar-refractivity contribution in [1.82, 2.24) is 0 Å². The normalized spacial score (nSPS) is 11.0. The fourth-order valence-electron chi connectivity index (χ4n) is 0.929. The Kier molecular flexibility index (Phi) is 9.06. The molecule has 0 aliphatic carbocycles. The Hall–Kier alpha value is 0.0300. The van der Waals surface area contributed by atoms with Gasteiger partial charge in [0.1, 0.15) is 0 Å². The molecule has 0 spiro atoms. The maximum Gasteiger partial charge on any atom is 0.000245 e. The fraction of sp³-hybridized carbons (Fsp3) is 0.778. The van der Waals surface area contributed by atoms with Gasteiger partial charge in [0.2, 0.25) is 0 Å². The molecule has 0 N–H and O–H groups in total. The molecule has 0 aromatic rings. The Labute approximate surface area is 69.3 Å². The molecule has 0 radical (unpaired) electrons. The quantitative estimate of drug-likeness (QED) is 0.514. The van der Waals surface area contributed by atoms with Gasteiger partial charge in [-0.3, -0.25) is 0 Å². The molecule has 60 valence electrons. The van der Waals surface area contributed by atoms with Crippen LogP contribution in [0.4, 0.5) is 0 Å². The van der Waals surface area contributed by atoms with E-state index in [0.29, 0.717) is 0 Å². The molecule has 0 atom stereocenters. The first-order valence-corrected chi connectivity index (χ1v) is 4.60. The molecule has 0 heterocycles. The molecule has 10 heavy (non-hydrogen) atoms. The summed E-state index contributed by atoms with van der Waals surface area (Å²) in [5.41, 5.74) is 1.61. The van der Waals surface area contributed by atoms with Gasteiger partial charge in [-0.2, -0.15) is 0 Å². The van der Waals surface area contributed by atoms with E-state index in [-0.39, 0.29) is 0 Å². The van der Waals surface area contributed by atoms with E-state index in [1.165, 1.54) is 32.1 Å². The molecule has 0 unspecified atom stereocenters. The van der Waals surface area contributed by atoms with Crippen molar-refractivity contribution in [2.75, 3.05) is 0 Å². The van der Waals surface area contributed by atoms with Gasteiger partial charge < -0.3 is 0 Å². The summed E-state index contributed by atoms with van der Waals surface area (Å²) in [6.45, 7) is 2.23. The van der Waals surface area contributed by atoms with Gasteiger partial charge in [-0.15, -0.1) is 0 Å². The lowest BCUT2D eigenvalue weighted by Gasteiger charge is -1.94. The van der Waals surface area contributed by atoms with Crippen LogP contribution in [0.5, 0.6) is 0 Å². The van der Waals surface area contributed by atoms with Crippen LogP contribution in [-0.2, 0) is 0 Å². The predicted octanol–water partition coefficient (Wildman–Crippen LogP) is 4.10. The molecule has 0 saturated carbocycles. The highest BCUT2D eigenvalue weighted by Crippen LogP contribution is 2.05. The Balaban J connectivity index is 2.77. The van der Waals surface area contributed by atoms with Crippen LogP contribution in [0.25, 0.3) is 0 Å². The summed E-state index contributed by atoms with van der Waals surface area (Å²) in [5, 5.41) is 0. The average molecular weight is 161 g/mol. The molecular weight excluding hydrogens is 144 g/mol. The maximum atomic E-state index is 5.36. The lowest BCUT2D eigenvalue weighted by Crippen LogP contribution is -1.75. The van der Waals surface area contributed by atoms with Crippen molar-refractivity contribution < 1.29 is 0 Å². The van der Waals surface area contributed by atoms with E-state index < -0.39 is 0 Å². The fourth-order valence-corrected chi connectivity index (χ4v) is 1.05. The molecule has 0 aromatic heterocycles. The Bertz CT molecular complexity index is 76.8. The number of hydrogen-bond acceptors (Lipinski definition) is 0. The smallest absolute Gasteiger partial charge is 0.000245 e. The molecule has 0 amide bonds. The van der Waals surface area contributed by atoms with Crippen LogP contribution in [0.1, 0.15) is 45.4 Å². The summed E-state index contributed by atoms with van der Waals surface area (Å²) < 4.78 is 0. The summed E-state index contributed by atoms with van der Waals surface area (Å²) in [5.74, 6) is 0. The van der Waals surface area contributed by atoms with Gasteiger partial charge in [-0.25, -0.2) is 0 Å². The third kappa shape index (κ3) is 8.03. The second kappa shape index (κ2) is 9.03. The SMILES string of the molecule is CCCCCCCC=CCl.